The fourth-order valence-corrected chi connectivity index (χ4v) is 1.85. The van der Waals surface area contributed by atoms with E-state index in [2.05, 4.69) is 4.98 Å². The van der Waals surface area contributed by atoms with Gasteiger partial charge in [-0.2, -0.15) is 0 Å². The summed E-state index contributed by atoms with van der Waals surface area (Å²) in [6.45, 7) is 4.38. The van der Waals surface area contributed by atoms with Crippen LogP contribution in [0, 0.1) is 6.92 Å². The van der Waals surface area contributed by atoms with Gasteiger partial charge in [-0.25, -0.2) is 4.79 Å². The summed E-state index contributed by atoms with van der Waals surface area (Å²) < 4.78 is 22.5. The third kappa shape index (κ3) is 5.42. The van der Waals surface area contributed by atoms with Crippen LogP contribution in [0.1, 0.15) is 18.9 Å². The van der Waals surface area contributed by atoms with Gasteiger partial charge in [-0.1, -0.05) is 6.92 Å². The van der Waals surface area contributed by atoms with Gasteiger partial charge in [0, 0.05) is 18.4 Å². The summed E-state index contributed by atoms with van der Waals surface area (Å²) in [7, 11) is -3.55. The number of hydrogen-bond acceptors (Lipinski definition) is 5. The standard InChI is InChI=1S/C11H19N2O6P/c1-4-9(6-19-20(3,16)17)18-7-13-5-8(2)10(14)12-11(13)15/h5,9H,4,6-7H2,1-3H3,(H,16,17)(H,12,14,15)/t9-/m0/s1. The van der Waals surface area contributed by atoms with Gasteiger partial charge in [-0.3, -0.25) is 18.9 Å². The summed E-state index contributed by atoms with van der Waals surface area (Å²) in [5.41, 5.74) is -0.612. The maximum absolute atomic E-state index is 11.5. The van der Waals surface area contributed by atoms with Crippen LogP contribution in [-0.4, -0.2) is 33.8 Å². The van der Waals surface area contributed by atoms with E-state index in [0.29, 0.717) is 12.0 Å². The Morgan fingerprint density at radius 2 is 2.15 bits per heavy atom. The summed E-state index contributed by atoms with van der Waals surface area (Å²) >= 11 is 0. The second kappa shape index (κ2) is 6.99. The molecule has 0 aliphatic rings. The Kier molecular flexibility index (Phi) is 5.88. The molecule has 20 heavy (non-hydrogen) atoms. The fraction of sp³-hybridized carbons (Fsp3) is 0.636. The van der Waals surface area contributed by atoms with Crippen molar-refractivity contribution >= 4 is 7.60 Å². The minimum absolute atomic E-state index is 0.0438. The smallest absolute Gasteiger partial charge is 0.330 e. The first kappa shape index (κ1) is 16.8. The number of aryl methyl sites for hydroxylation is 1. The van der Waals surface area contributed by atoms with E-state index in [1.54, 1.807) is 6.92 Å². The number of hydrogen-bond donors (Lipinski definition) is 2. The van der Waals surface area contributed by atoms with Crippen molar-refractivity contribution in [3.63, 3.8) is 0 Å². The van der Waals surface area contributed by atoms with E-state index < -0.39 is 24.9 Å². The normalized spacial score (nSPS) is 15.8. The van der Waals surface area contributed by atoms with Crippen molar-refractivity contribution in [3.8, 4) is 0 Å². The number of aromatic nitrogens is 2. The first-order valence-corrected chi connectivity index (χ1v) is 8.12. The van der Waals surface area contributed by atoms with E-state index in [4.69, 9.17) is 14.2 Å². The third-order valence-electron chi connectivity index (χ3n) is 2.59. The van der Waals surface area contributed by atoms with Crippen molar-refractivity contribution in [2.45, 2.75) is 33.1 Å². The molecule has 1 aromatic heterocycles. The number of rotatable bonds is 7. The molecule has 1 heterocycles. The average Bonchev–Trinajstić information content (AvgIpc) is 2.34. The first-order chi connectivity index (χ1) is 9.23. The van der Waals surface area contributed by atoms with E-state index >= 15 is 0 Å². The maximum Gasteiger partial charge on any atom is 0.330 e. The van der Waals surface area contributed by atoms with Crippen LogP contribution in [-0.2, 0) is 20.6 Å². The van der Waals surface area contributed by atoms with E-state index in [0.717, 1.165) is 6.66 Å². The van der Waals surface area contributed by atoms with Gasteiger partial charge in [0.15, 0.2) is 0 Å². The zero-order valence-corrected chi connectivity index (χ0v) is 12.6. The Labute approximate surface area is 115 Å². The van der Waals surface area contributed by atoms with Crippen LogP contribution in [0.4, 0.5) is 0 Å². The zero-order chi connectivity index (χ0) is 15.3. The molecule has 8 nitrogen and oxygen atoms in total. The first-order valence-electron chi connectivity index (χ1n) is 6.09. The van der Waals surface area contributed by atoms with Gasteiger partial charge in [0.2, 0.25) is 0 Å². The van der Waals surface area contributed by atoms with Crippen LogP contribution in [0.15, 0.2) is 15.8 Å². The second-order valence-corrected chi connectivity index (χ2v) is 6.33. The molecular formula is C11H19N2O6P. The number of nitrogens with zero attached hydrogens (tertiary/aromatic N) is 1. The molecule has 0 aliphatic carbocycles. The monoisotopic (exact) mass is 306 g/mol. The second-order valence-electron chi connectivity index (χ2n) is 4.47. The average molecular weight is 306 g/mol. The van der Waals surface area contributed by atoms with Gasteiger partial charge in [0.1, 0.15) is 6.73 Å². The van der Waals surface area contributed by atoms with Gasteiger partial charge < -0.3 is 14.2 Å². The van der Waals surface area contributed by atoms with E-state index in [1.165, 1.54) is 10.8 Å². The van der Waals surface area contributed by atoms with Gasteiger partial charge in [-0.15, -0.1) is 0 Å². The molecule has 1 unspecified atom stereocenters. The molecule has 0 fully saturated rings. The zero-order valence-electron chi connectivity index (χ0n) is 11.7. The molecule has 0 radical (unpaired) electrons. The quantitative estimate of drug-likeness (QED) is 0.707. The predicted octanol–water partition coefficient (Wildman–Crippen LogP) is 0.430. The van der Waals surface area contributed by atoms with Crippen LogP contribution in [0.3, 0.4) is 0 Å². The van der Waals surface area contributed by atoms with Crippen LogP contribution in [0.2, 0.25) is 0 Å². The molecule has 0 aliphatic heterocycles. The highest BCUT2D eigenvalue weighted by Gasteiger charge is 2.15. The Morgan fingerprint density at radius 3 is 2.70 bits per heavy atom. The molecule has 0 bridgehead atoms. The SMILES string of the molecule is CC[C@@H](COP(C)(=O)O)OCn1cc(C)c(=O)[nH]c1=O. The highest BCUT2D eigenvalue weighted by atomic mass is 31.2. The number of aromatic amines is 1. The van der Waals surface area contributed by atoms with Crippen LogP contribution < -0.4 is 11.2 Å². The summed E-state index contributed by atoms with van der Waals surface area (Å²) in [5.74, 6) is 0. The summed E-state index contributed by atoms with van der Waals surface area (Å²) in [4.78, 5) is 33.9. The molecule has 0 amide bonds. The minimum Gasteiger partial charge on any atom is -0.355 e. The minimum atomic E-state index is -3.55. The van der Waals surface area contributed by atoms with Gasteiger partial charge in [0.05, 0.1) is 12.7 Å². The third-order valence-corrected chi connectivity index (χ3v) is 3.22. The van der Waals surface area contributed by atoms with Crippen LogP contribution in [0.25, 0.3) is 0 Å². The molecule has 2 atom stereocenters. The van der Waals surface area contributed by atoms with Crippen LogP contribution >= 0.6 is 7.60 Å². The molecule has 2 N–H and O–H groups in total. The van der Waals surface area contributed by atoms with Crippen molar-refractivity contribution < 1.29 is 18.7 Å². The highest BCUT2D eigenvalue weighted by molar-refractivity contribution is 7.51. The Hall–Kier alpha value is -1.21. The molecule has 0 aromatic carbocycles. The number of H-pyrrole nitrogens is 1. The lowest BCUT2D eigenvalue weighted by Gasteiger charge is -2.17. The molecule has 9 heteroatoms. The molecule has 0 saturated carbocycles. The molecule has 114 valence electrons. The summed E-state index contributed by atoms with van der Waals surface area (Å²) in [6, 6.07) is 0. The predicted molar refractivity (Wildman–Crippen MR) is 72.9 cm³/mol. The van der Waals surface area contributed by atoms with E-state index in [9.17, 15) is 14.2 Å². The fourth-order valence-electron chi connectivity index (χ4n) is 1.41. The molecular weight excluding hydrogens is 287 g/mol. The Balaban J connectivity index is 2.65. The van der Waals surface area contributed by atoms with Crippen molar-refractivity contribution in [2.24, 2.45) is 0 Å². The lowest BCUT2D eigenvalue weighted by Crippen LogP contribution is -2.32. The van der Waals surface area contributed by atoms with E-state index in [1.807, 2.05) is 6.92 Å². The van der Waals surface area contributed by atoms with Crippen LogP contribution in [0.5, 0.6) is 0 Å². The van der Waals surface area contributed by atoms with Crippen molar-refractivity contribution in [2.75, 3.05) is 13.3 Å². The molecule has 0 saturated heterocycles. The molecule has 1 aromatic rings. The summed E-state index contributed by atoms with van der Waals surface area (Å²) in [6.07, 6.45) is 1.53. The molecule has 0 spiro atoms. The topological polar surface area (TPSA) is 111 Å². The van der Waals surface area contributed by atoms with E-state index in [-0.39, 0.29) is 13.3 Å². The van der Waals surface area contributed by atoms with Gasteiger partial charge >= 0.3 is 13.3 Å². The van der Waals surface area contributed by atoms with Crippen molar-refractivity contribution in [1.29, 1.82) is 0 Å². The lowest BCUT2D eigenvalue weighted by atomic mass is 10.3. The van der Waals surface area contributed by atoms with Gasteiger partial charge in [0.25, 0.3) is 5.56 Å². The summed E-state index contributed by atoms with van der Waals surface area (Å²) in [5, 5.41) is 0. The Bertz CT molecular complexity index is 602. The Morgan fingerprint density at radius 1 is 1.50 bits per heavy atom. The van der Waals surface area contributed by atoms with Crippen molar-refractivity contribution in [3.05, 3.63) is 32.6 Å². The lowest BCUT2D eigenvalue weighted by molar-refractivity contribution is -0.0229. The molecule has 1 rings (SSSR count). The largest absolute Gasteiger partial charge is 0.355 e. The van der Waals surface area contributed by atoms with Crippen molar-refractivity contribution in [1.82, 2.24) is 9.55 Å². The number of ether oxygens (including phenoxy) is 1. The highest BCUT2D eigenvalue weighted by Crippen LogP contribution is 2.36. The maximum atomic E-state index is 11.5. The van der Waals surface area contributed by atoms with Gasteiger partial charge in [-0.05, 0) is 13.3 Å². The number of nitrogens with one attached hydrogen (secondary N) is 1.